The maximum absolute atomic E-state index is 2.58. The van der Waals surface area contributed by atoms with Crippen molar-refractivity contribution < 1.29 is 0 Å². The molecule has 0 aromatic heterocycles. The number of nitrogens with zero attached hydrogens (tertiary/aromatic N) is 2. The van der Waals surface area contributed by atoms with Crippen molar-refractivity contribution in [2.45, 2.75) is 12.6 Å². The molecule has 0 radical (unpaired) electrons. The number of piperazine rings is 1. The molecule has 126 valence electrons. The van der Waals surface area contributed by atoms with Crippen molar-refractivity contribution in [2.75, 3.05) is 24.5 Å². The highest BCUT2D eigenvalue weighted by Gasteiger charge is 2.28. The van der Waals surface area contributed by atoms with Gasteiger partial charge in [-0.2, -0.15) is 0 Å². The van der Waals surface area contributed by atoms with Gasteiger partial charge in [0.15, 0.2) is 0 Å². The monoisotopic (exact) mass is 328 g/mol. The van der Waals surface area contributed by atoms with Gasteiger partial charge in [-0.15, -0.1) is 0 Å². The molecule has 2 nitrogen and oxygen atoms in total. The van der Waals surface area contributed by atoms with E-state index in [2.05, 4.69) is 101 Å². The fourth-order valence-corrected chi connectivity index (χ4v) is 3.71. The number of anilines is 1. The molecule has 1 fully saturated rings. The minimum absolute atomic E-state index is 0.390. The molecule has 1 saturated heterocycles. The highest BCUT2D eigenvalue weighted by molar-refractivity contribution is 5.49. The summed E-state index contributed by atoms with van der Waals surface area (Å²) in [6.07, 6.45) is 0. The molecule has 4 rings (SSSR count). The van der Waals surface area contributed by atoms with E-state index >= 15 is 0 Å². The van der Waals surface area contributed by atoms with Gasteiger partial charge in [0.2, 0.25) is 0 Å². The van der Waals surface area contributed by atoms with Gasteiger partial charge in [0.25, 0.3) is 0 Å². The predicted octanol–water partition coefficient (Wildman–Crippen LogP) is 4.75. The third-order valence-corrected chi connectivity index (χ3v) is 4.99. The van der Waals surface area contributed by atoms with Gasteiger partial charge in [-0.1, -0.05) is 78.9 Å². The standard InChI is InChI=1S/C23H24N2/c1-4-10-20(11-5-1)18-24-16-17-25(22-14-8-3-9-15-22)23(19-24)21-12-6-2-7-13-21/h1-15,23H,16-19H2. The second kappa shape index (κ2) is 7.54. The van der Waals surface area contributed by atoms with Gasteiger partial charge in [-0.3, -0.25) is 4.90 Å². The summed E-state index contributed by atoms with van der Waals surface area (Å²) in [5.74, 6) is 0. The first-order valence-electron chi connectivity index (χ1n) is 9.03. The van der Waals surface area contributed by atoms with Crippen LogP contribution in [-0.2, 0) is 6.54 Å². The molecule has 3 aromatic carbocycles. The fourth-order valence-electron chi connectivity index (χ4n) is 3.71. The van der Waals surface area contributed by atoms with Gasteiger partial charge < -0.3 is 4.90 Å². The van der Waals surface area contributed by atoms with E-state index in [1.54, 1.807) is 0 Å². The van der Waals surface area contributed by atoms with Crippen LogP contribution in [0.25, 0.3) is 0 Å². The molecule has 0 amide bonds. The van der Waals surface area contributed by atoms with Crippen molar-refractivity contribution in [1.29, 1.82) is 0 Å². The minimum atomic E-state index is 0.390. The van der Waals surface area contributed by atoms with Crippen LogP contribution in [0.15, 0.2) is 91.0 Å². The van der Waals surface area contributed by atoms with E-state index < -0.39 is 0 Å². The molecule has 0 bridgehead atoms. The Bertz CT molecular complexity index is 771. The van der Waals surface area contributed by atoms with Crippen molar-refractivity contribution in [3.8, 4) is 0 Å². The molecule has 1 atom stereocenters. The lowest BCUT2D eigenvalue weighted by Gasteiger charge is -2.43. The lowest BCUT2D eigenvalue weighted by molar-refractivity contribution is 0.215. The Morgan fingerprint density at radius 3 is 1.96 bits per heavy atom. The molecule has 1 unspecified atom stereocenters. The highest BCUT2D eigenvalue weighted by atomic mass is 15.3. The van der Waals surface area contributed by atoms with Gasteiger partial charge >= 0.3 is 0 Å². The Hall–Kier alpha value is -2.58. The molecule has 3 aromatic rings. The summed E-state index contributed by atoms with van der Waals surface area (Å²) in [5, 5.41) is 0. The van der Waals surface area contributed by atoms with Gasteiger partial charge in [-0.25, -0.2) is 0 Å². The molecule has 0 N–H and O–H groups in total. The Morgan fingerprint density at radius 1 is 0.680 bits per heavy atom. The van der Waals surface area contributed by atoms with Crippen LogP contribution >= 0.6 is 0 Å². The normalized spacial score (nSPS) is 18.2. The van der Waals surface area contributed by atoms with E-state index in [0.29, 0.717) is 6.04 Å². The van der Waals surface area contributed by atoms with E-state index in [1.807, 2.05) is 0 Å². The van der Waals surface area contributed by atoms with Crippen LogP contribution in [0.3, 0.4) is 0 Å². The number of rotatable bonds is 4. The predicted molar refractivity (Wildman–Crippen MR) is 105 cm³/mol. The molecule has 0 saturated carbocycles. The number of benzene rings is 3. The smallest absolute Gasteiger partial charge is 0.0670 e. The van der Waals surface area contributed by atoms with E-state index in [4.69, 9.17) is 0 Å². The zero-order valence-electron chi connectivity index (χ0n) is 14.5. The number of hydrogen-bond acceptors (Lipinski definition) is 2. The van der Waals surface area contributed by atoms with Gasteiger partial charge in [0.1, 0.15) is 0 Å². The molecular formula is C23H24N2. The molecule has 25 heavy (non-hydrogen) atoms. The van der Waals surface area contributed by atoms with Crippen LogP contribution in [0.5, 0.6) is 0 Å². The lowest BCUT2D eigenvalue weighted by Crippen LogP contribution is -2.48. The first-order valence-corrected chi connectivity index (χ1v) is 9.03. The van der Waals surface area contributed by atoms with Crippen LogP contribution in [0.1, 0.15) is 17.2 Å². The van der Waals surface area contributed by atoms with Crippen LogP contribution in [-0.4, -0.2) is 24.5 Å². The average Bonchev–Trinajstić information content (AvgIpc) is 2.70. The van der Waals surface area contributed by atoms with E-state index in [9.17, 15) is 0 Å². The molecular weight excluding hydrogens is 304 g/mol. The summed E-state index contributed by atoms with van der Waals surface area (Å²) in [6.45, 7) is 4.21. The number of para-hydroxylation sites is 1. The zero-order valence-corrected chi connectivity index (χ0v) is 14.5. The topological polar surface area (TPSA) is 6.48 Å². The average molecular weight is 328 g/mol. The summed E-state index contributed by atoms with van der Waals surface area (Å²) >= 11 is 0. The second-order valence-electron chi connectivity index (χ2n) is 6.68. The van der Waals surface area contributed by atoms with Crippen molar-refractivity contribution in [3.63, 3.8) is 0 Å². The van der Waals surface area contributed by atoms with Crippen molar-refractivity contribution in [3.05, 3.63) is 102 Å². The first kappa shape index (κ1) is 15.9. The Kier molecular flexibility index (Phi) is 4.80. The molecule has 1 heterocycles. The first-order chi connectivity index (χ1) is 12.4. The SMILES string of the molecule is c1ccc(CN2CCN(c3ccccc3)C(c3ccccc3)C2)cc1. The van der Waals surface area contributed by atoms with Gasteiger partial charge in [0, 0.05) is 31.9 Å². The van der Waals surface area contributed by atoms with Crippen LogP contribution in [0, 0.1) is 0 Å². The molecule has 0 spiro atoms. The fraction of sp³-hybridized carbons (Fsp3) is 0.217. The lowest BCUT2D eigenvalue weighted by atomic mass is 10.0. The maximum Gasteiger partial charge on any atom is 0.0670 e. The molecule has 1 aliphatic heterocycles. The maximum atomic E-state index is 2.58. The molecule has 0 aliphatic carbocycles. The van der Waals surface area contributed by atoms with Gasteiger partial charge in [-0.05, 0) is 23.3 Å². The van der Waals surface area contributed by atoms with E-state index in [1.165, 1.54) is 16.8 Å². The number of hydrogen-bond donors (Lipinski definition) is 0. The highest BCUT2D eigenvalue weighted by Crippen LogP contribution is 2.31. The van der Waals surface area contributed by atoms with Crippen LogP contribution in [0.2, 0.25) is 0 Å². The molecule has 1 aliphatic rings. The minimum Gasteiger partial charge on any atom is -0.362 e. The Labute approximate surface area is 150 Å². The van der Waals surface area contributed by atoms with E-state index in [0.717, 1.165) is 26.2 Å². The summed E-state index contributed by atoms with van der Waals surface area (Å²) in [4.78, 5) is 5.13. The van der Waals surface area contributed by atoms with Crippen molar-refractivity contribution in [2.24, 2.45) is 0 Å². The third-order valence-electron chi connectivity index (χ3n) is 4.99. The summed E-state index contributed by atoms with van der Waals surface area (Å²) < 4.78 is 0. The second-order valence-corrected chi connectivity index (χ2v) is 6.68. The largest absolute Gasteiger partial charge is 0.362 e. The van der Waals surface area contributed by atoms with Crippen molar-refractivity contribution in [1.82, 2.24) is 4.90 Å². The third kappa shape index (κ3) is 3.75. The summed E-state index contributed by atoms with van der Waals surface area (Å²) in [6, 6.07) is 32.9. The van der Waals surface area contributed by atoms with Crippen LogP contribution < -0.4 is 4.90 Å². The summed E-state index contributed by atoms with van der Waals surface area (Å²) in [7, 11) is 0. The summed E-state index contributed by atoms with van der Waals surface area (Å²) in [5.41, 5.74) is 4.10. The van der Waals surface area contributed by atoms with E-state index in [-0.39, 0.29) is 0 Å². The van der Waals surface area contributed by atoms with Crippen LogP contribution in [0.4, 0.5) is 5.69 Å². The van der Waals surface area contributed by atoms with Crippen molar-refractivity contribution >= 4 is 5.69 Å². The quantitative estimate of drug-likeness (QED) is 0.682. The molecule has 2 heteroatoms. The zero-order chi connectivity index (χ0) is 16.9. The Morgan fingerprint density at radius 2 is 1.28 bits per heavy atom. The Balaban J connectivity index is 1.58. The van der Waals surface area contributed by atoms with Gasteiger partial charge in [0.05, 0.1) is 6.04 Å².